The van der Waals surface area contributed by atoms with Crippen LogP contribution in [0.25, 0.3) is 0 Å². The number of oxazole rings is 1. The molecule has 0 aliphatic carbocycles. The van der Waals surface area contributed by atoms with Gasteiger partial charge in [-0.1, -0.05) is 6.92 Å². The molecule has 0 saturated heterocycles. The Morgan fingerprint density at radius 1 is 1.47 bits per heavy atom. The van der Waals surface area contributed by atoms with Gasteiger partial charge in [-0.3, -0.25) is 0 Å². The van der Waals surface area contributed by atoms with E-state index in [2.05, 4.69) is 21.4 Å². The van der Waals surface area contributed by atoms with E-state index in [1.165, 1.54) is 0 Å². The number of nitriles is 1. The van der Waals surface area contributed by atoms with Gasteiger partial charge in [0.1, 0.15) is 11.6 Å². The molecule has 0 aromatic carbocycles. The Labute approximate surface area is 99.1 Å². The summed E-state index contributed by atoms with van der Waals surface area (Å²) in [6.45, 7) is 2.47. The molecule has 5 nitrogen and oxygen atoms in total. The van der Waals surface area contributed by atoms with Crippen LogP contribution >= 0.6 is 0 Å². The molecule has 2 aromatic rings. The maximum Gasteiger partial charge on any atom is 0.213 e. The number of aryl methyl sites for hydroxylation is 1. The molecule has 5 heteroatoms. The molecular formula is C12H12N4O. The van der Waals surface area contributed by atoms with Crippen LogP contribution in [0.1, 0.15) is 24.1 Å². The van der Waals surface area contributed by atoms with E-state index >= 15 is 0 Å². The summed E-state index contributed by atoms with van der Waals surface area (Å²) in [6, 6.07) is 5.40. The number of anilines is 1. The van der Waals surface area contributed by atoms with Crippen LogP contribution in [0.5, 0.6) is 0 Å². The van der Waals surface area contributed by atoms with E-state index in [9.17, 15) is 0 Å². The average Bonchev–Trinajstić information content (AvgIpc) is 2.84. The number of aromatic nitrogens is 2. The number of pyridine rings is 1. The van der Waals surface area contributed by atoms with Gasteiger partial charge < -0.3 is 9.73 Å². The van der Waals surface area contributed by atoms with Gasteiger partial charge in [0.05, 0.1) is 24.4 Å². The highest BCUT2D eigenvalue weighted by Crippen LogP contribution is 2.09. The van der Waals surface area contributed by atoms with E-state index < -0.39 is 0 Å². The van der Waals surface area contributed by atoms with E-state index in [1.807, 2.05) is 6.92 Å². The molecule has 0 atom stereocenters. The fraction of sp³-hybridized carbons (Fsp3) is 0.250. The standard InChI is InChI=1S/C12H12N4O/c1-2-10-7-16-12(17-10)8-15-11-5-9(6-13)3-4-14-11/h3-5,7H,2,8H2,1H3,(H,14,15). The van der Waals surface area contributed by atoms with Gasteiger partial charge in [0, 0.05) is 12.6 Å². The minimum atomic E-state index is 0.460. The third-order valence-electron chi connectivity index (χ3n) is 2.26. The molecule has 0 fully saturated rings. The Morgan fingerprint density at radius 3 is 3.06 bits per heavy atom. The molecule has 1 N–H and O–H groups in total. The Bertz CT molecular complexity index is 541. The fourth-order valence-electron chi connectivity index (χ4n) is 1.36. The van der Waals surface area contributed by atoms with Gasteiger partial charge in [-0.25, -0.2) is 9.97 Å². The zero-order chi connectivity index (χ0) is 12.1. The highest BCUT2D eigenvalue weighted by Gasteiger charge is 2.02. The average molecular weight is 228 g/mol. The first-order chi connectivity index (χ1) is 8.31. The van der Waals surface area contributed by atoms with Crippen molar-refractivity contribution in [1.82, 2.24) is 9.97 Å². The molecule has 0 aliphatic heterocycles. The number of nitrogens with one attached hydrogen (secondary N) is 1. The lowest BCUT2D eigenvalue weighted by atomic mass is 10.3. The van der Waals surface area contributed by atoms with E-state index in [1.54, 1.807) is 24.5 Å². The molecule has 2 aromatic heterocycles. The van der Waals surface area contributed by atoms with Gasteiger partial charge in [-0.15, -0.1) is 0 Å². The van der Waals surface area contributed by atoms with E-state index in [0.717, 1.165) is 12.2 Å². The molecule has 2 heterocycles. The minimum absolute atomic E-state index is 0.460. The molecule has 86 valence electrons. The second kappa shape index (κ2) is 5.12. The van der Waals surface area contributed by atoms with Crippen LogP contribution in [0.15, 0.2) is 28.9 Å². The maximum absolute atomic E-state index is 8.75. The van der Waals surface area contributed by atoms with Gasteiger partial charge in [0.15, 0.2) is 0 Å². The van der Waals surface area contributed by atoms with E-state index in [-0.39, 0.29) is 0 Å². The van der Waals surface area contributed by atoms with Crippen molar-refractivity contribution in [1.29, 1.82) is 5.26 Å². The molecule has 0 saturated carbocycles. The van der Waals surface area contributed by atoms with Crippen LogP contribution in [0.4, 0.5) is 5.82 Å². The fourth-order valence-corrected chi connectivity index (χ4v) is 1.36. The zero-order valence-corrected chi connectivity index (χ0v) is 9.47. The van der Waals surface area contributed by atoms with Crippen LogP contribution in [0.3, 0.4) is 0 Å². The summed E-state index contributed by atoms with van der Waals surface area (Å²) >= 11 is 0. The minimum Gasteiger partial charge on any atom is -0.444 e. The normalized spacial score (nSPS) is 9.88. The summed E-state index contributed by atoms with van der Waals surface area (Å²) < 4.78 is 5.44. The van der Waals surface area contributed by atoms with E-state index in [4.69, 9.17) is 9.68 Å². The molecule has 0 amide bonds. The monoisotopic (exact) mass is 228 g/mol. The van der Waals surface area contributed by atoms with Crippen LogP contribution in [0, 0.1) is 11.3 Å². The molecule has 0 unspecified atom stereocenters. The van der Waals surface area contributed by atoms with Crippen molar-refractivity contribution in [2.75, 3.05) is 5.32 Å². The van der Waals surface area contributed by atoms with Crippen LogP contribution in [-0.4, -0.2) is 9.97 Å². The summed E-state index contributed by atoms with van der Waals surface area (Å²) in [5.74, 6) is 2.12. The molecule has 0 bridgehead atoms. The van der Waals surface area contributed by atoms with Crippen molar-refractivity contribution in [3.63, 3.8) is 0 Å². The van der Waals surface area contributed by atoms with Gasteiger partial charge in [0.2, 0.25) is 5.89 Å². The van der Waals surface area contributed by atoms with Crippen LogP contribution < -0.4 is 5.32 Å². The summed E-state index contributed by atoms with van der Waals surface area (Å²) in [7, 11) is 0. The number of nitrogens with zero attached hydrogens (tertiary/aromatic N) is 3. The second-order valence-electron chi connectivity index (χ2n) is 3.47. The predicted molar refractivity (Wildman–Crippen MR) is 62.2 cm³/mol. The maximum atomic E-state index is 8.75. The number of hydrogen-bond donors (Lipinski definition) is 1. The molecule has 2 rings (SSSR count). The Morgan fingerprint density at radius 2 is 2.35 bits per heavy atom. The Balaban J connectivity index is 1.99. The highest BCUT2D eigenvalue weighted by atomic mass is 16.4. The number of hydrogen-bond acceptors (Lipinski definition) is 5. The van der Waals surface area contributed by atoms with Gasteiger partial charge in [-0.2, -0.15) is 5.26 Å². The lowest BCUT2D eigenvalue weighted by molar-refractivity contribution is 0.465. The largest absolute Gasteiger partial charge is 0.444 e. The van der Waals surface area contributed by atoms with Gasteiger partial charge in [0.25, 0.3) is 0 Å². The summed E-state index contributed by atoms with van der Waals surface area (Å²) in [5.41, 5.74) is 0.573. The molecule has 17 heavy (non-hydrogen) atoms. The van der Waals surface area contributed by atoms with Gasteiger partial charge in [-0.05, 0) is 12.1 Å². The highest BCUT2D eigenvalue weighted by molar-refractivity contribution is 5.42. The second-order valence-corrected chi connectivity index (χ2v) is 3.47. The summed E-state index contributed by atoms with van der Waals surface area (Å²) in [6.07, 6.45) is 4.14. The van der Waals surface area contributed by atoms with Crippen molar-refractivity contribution >= 4 is 5.82 Å². The lowest BCUT2D eigenvalue weighted by Crippen LogP contribution is -2.01. The topological polar surface area (TPSA) is 74.7 Å². The smallest absolute Gasteiger partial charge is 0.213 e. The molecule has 0 aliphatic rings. The third-order valence-corrected chi connectivity index (χ3v) is 2.26. The van der Waals surface area contributed by atoms with E-state index in [0.29, 0.717) is 23.8 Å². The summed E-state index contributed by atoms with van der Waals surface area (Å²) in [5, 5.41) is 11.8. The quantitative estimate of drug-likeness (QED) is 0.867. The predicted octanol–water partition coefficient (Wildman–Crippen LogP) is 2.12. The first-order valence-corrected chi connectivity index (χ1v) is 5.35. The van der Waals surface area contributed by atoms with Crippen molar-refractivity contribution < 1.29 is 4.42 Å². The first kappa shape index (κ1) is 11.1. The zero-order valence-electron chi connectivity index (χ0n) is 9.47. The number of rotatable bonds is 4. The summed E-state index contributed by atoms with van der Waals surface area (Å²) in [4.78, 5) is 8.22. The Kier molecular flexibility index (Phi) is 3.36. The molecule has 0 radical (unpaired) electrons. The first-order valence-electron chi connectivity index (χ1n) is 5.35. The van der Waals surface area contributed by atoms with Crippen molar-refractivity contribution in [3.8, 4) is 6.07 Å². The lowest BCUT2D eigenvalue weighted by Gasteiger charge is -2.02. The third kappa shape index (κ3) is 2.82. The van der Waals surface area contributed by atoms with Crippen LogP contribution in [0.2, 0.25) is 0 Å². The van der Waals surface area contributed by atoms with Crippen molar-refractivity contribution in [2.24, 2.45) is 0 Å². The van der Waals surface area contributed by atoms with Crippen LogP contribution in [-0.2, 0) is 13.0 Å². The van der Waals surface area contributed by atoms with Crippen molar-refractivity contribution in [2.45, 2.75) is 19.9 Å². The van der Waals surface area contributed by atoms with Crippen molar-refractivity contribution in [3.05, 3.63) is 41.7 Å². The molecule has 0 spiro atoms. The van der Waals surface area contributed by atoms with Gasteiger partial charge >= 0.3 is 0 Å². The molecular weight excluding hydrogens is 216 g/mol. The Hall–Kier alpha value is -2.35. The SMILES string of the molecule is CCc1cnc(CNc2cc(C#N)ccn2)o1.